The summed E-state index contributed by atoms with van der Waals surface area (Å²) in [6, 6.07) is 5.20. The second-order valence-electron chi connectivity index (χ2n) is 5.91. The number of benzene rings is 1. The number of nitrogens with zero attached hydrogens (tertiary/aromatic N) is 4. The van der Waals surface area contributed by atoms with Gasteiger partial charge >= 0.3 is 5.97 Å². The Labute approximate surface area is 164 Å². The summed E-state index contributed by atoms with van der Waals surface area (Å²) in [5, 5.41) is 2.69. The van der Waals surface area contributed by atoms with Crippen molar-refractivity contribution in [2.24, 2.45) is 0 Å². The smallest absolute Gasteiger partial charge is 0.307 e. The minimum Gasteiger partial charge on any atom is -0.457 e. The molecule has 1 aromatic heterocycles. The number of hydrogen-bond acceptors (Lipinski definition) is 9. The number of esters is 1. The largest absolute Gasteiger partial charge is 0.457 e. The van der Waals surface area contributed by atoms with E-state index in [9.17, 15) is 9.59 Å². The Kier molecular flexibility index (Phi) is 5.66. The zero-order valence-corrected chi connectivity index (χ0v) is 16.2. The molecule has 0 bridgehead atoms. The average Bonchev–Trinajstić information content (AvgIpc) is 2.60. The zero-order chi connectivity index (χ0) is 19.6. The van der Waals surface area contributed by atoms with Crippen LogP contribution >= 0.6 is 23.4 Å². The van der Waals surface area contributed by atoms with E-state index >= 15 is 0 Å². The van der Waals surface area contributed by atoms with Crippen LogP contribution in [-0.2, 0) is 20.9 Å². The molecule has 1 unspecified atom stereocenters. The van der Waals surface area contributed by atoms with Crippen molar-refractivity contribution in [3.63, 3.8) is 0 Å². The molecular formula is C16H17ClN6O3S. The van der Waals surface area contributed by atoms with E-state index in [-0.39, 0.29) is 30.7 Å². The number of amides is 1. The molecule has 2 aromatic rings. The molecule has 2 heterocycles. The maximum atomic E-state index is 12.2. The Morgan fingerprint density at radius 3 is 2.89 bits per heavy atom. The molecular weight excluding hydrogens is 392 g/mol. The summed E-state index contributed by atoms with van der Waals surface area (Å²) in [4.78, 5) is 38.9. The first-order valence-corrected chi connectivity index (χ1v) is 9.18. The third-order valence-electron chi connectivity index (χ3n) is 3.56. The maximum Gasteiger partial charge on any atom is 0.307 e. The van der Waals surface area contributed by atoms with Gasteiger partial charge in [0.05, 0.1) is 17.4 Å². The van der Waals surface area contributed by atoms with Gasteiger partial charge in [-0.25, -0.2) is 0 Å². The van der Waals surface area contributed by atoms with Gasteiger partial charge in [-0.05, 0) is 18.2 Å². The molecule has 0 aliphatic carbocycles. The topological polar surface area (TPSA) is 123 Å². The van der Waals surface area contributed by atoms with Crippen molar-refractivity contribution < 1.29 is 14.3 Å². The Hall–Kier alpha value is -2.59. The van der Waals surface area contributed by atoms with Crippen LogP contribution in [0.4, 0.5) is 17.6 Å². The summed E-state index contributed by atoms with van der Waals surface area (Å²) in [5.74, 6) is -0.167. The van der Waals surface area contributed by atoms with Gasteiger partial charge in [0.15, 0.2) is 12.4 Å². The molecule has 1 aromatic carbocycles. The Morgan fingerprint density at radius 1 is 1.37 bits per heavy atom. The third-order valence-corrected chi connectivity index (χ3v) is 5.07. The highest BCUT2D eigenvalue weighted by Gasteiger charge is 2.29. The van der Waals surface area contributed by atoms with Crippen LogP contribution in [0, 0.1) is 0 Å². The van der Waals surface area contributed by atoms with Gasteiger partial charge in [-0.3, -0.25) is 9.59 Å². The summed E-state index contributed by atoms with van der Waals surface area (Å²) in [6.45, 7) is -0.155. The van der Waals surface area contributed by atoms with E-state index in [1.165, 1.54) is 11.8 Å². The van der Waals surface area contributed by atoms with E-state index in [4.69, 9.17) is 22.1 Å². The molecule has 0 spiro atoms. The summed E-state index contributed by atoms with van der Waals surface area (Å²) in [5.41, 5.74) is 6.27. The molecule has 1 aliphatic rings. The standard InChI is InChI=1S/C16H17ClN6O3S/c1-23(2)16-21-12(20-15(18)22-16)7-26-13(24)6-11-14(25)19-9-5-8(17)3-4-10(9)27-11/h3-5,11H,6-7H2,1-2H3,(H,19,25)(H2,18,20,21,22). The van der Waals surface area contributed by atoms with Crippen LogP contribution in [0.3, 0.4) is 0 Å². The van der Waals surface area contributed by atoms with Gasteiger partial charge in [0.1, 0.15) is 0 Å². The van der Waals surface area contributed by atoms with Crippen LogP contribution in [-0.4, -0.2) is 46.2 Å². The van der Waals surface area contributed by atoms with Crippen LogP contribution in [0.25, 0.3) is 0 Å². The number of rotatable bonds is 5. The van der Waals surface area contributed by atoms with E-state index in [0.29, 0.717) is 16.7 Å². The van der Waals surface area contributed by atoms with Gasteiger partial charge < -0.3 is 20.7 Å². The van der Waals surface area contributed by atoms with E-state index in [1.807, 2.05) is 0 Å². The fourth-order valence-corrected chi connectivity index (χ4v) is 3.55. The Bertz CT molecular complexity index is 894. The molecule has 9 nitrogen and oxygen atoms in total. The van der Waals surface area contributed by atoms with Crippen molar-refractivity contribution in [3.8, 4) is 0 Å². The first-order chi connectivity index (χ1) is 12.8. The molecule has 142 valence electrons. The van der Waals surface area contributed by atoms with E-state index < -0.39 is 11.2 Å². The van der Waals surface area contributed by atoms with Crippen LogP contribution < -0.4 is 16.0 Å². The summed E-state index contributed by atoms with van der Waals surface area (Å²) in [6.07, 6.45) is -0.0837. The predicted octanol–water partition coefficient (Wildman–Crippen LogP) is 1.72. The number of ether oxygens (including phenoxy) is 1. The summed E-state index contributed by atoms with van der Waals surface area (Å²) >= 11 is 7.22. The van der Waals surface area contributed by atoms with Crippen molar-refractivity contribution in [2.45, 2.75) is 23.2 Å². The fraction of sp³-hybridized carbons (Fsp3) is 0.312. The number of nitrogen functional groups attached to an aromatic ring is 1. The number of anilines is 3. The normalized spacial score (nSPS) is 15.7. The van der Waals surface area contributed by atoms with Crippen molar-refractivity contribution in [2.75, 3.05) is 30.0 Å². The first-order valence-electron chi connectivity index (χ1n) is 7.92. The van der Waals surface area contributed by atoms with Gasteiger partial charge in [-0.15, -0.1) is 11.8 Å². The van der Waals surface area contributed by atoms with Crippen molar-refractivity contribution >= 4 is 52.8 Å². The molecule has 1 atom stereocenters. The molecule has 1 aliphatic heterocycles. The lowest BCUT2D eigenvalue weighted by Crippen LogP contribution is -2.31. The molecule has 27 heavy (non-hydrogen) atoms. The zero-order valence-electron chi connectivity index (χ0n) is 14.6. The van der Waals surface area contributed by atoms with Gasteiger partial charge in [0.2, 0.25) is 17.8 Å². The molecule has 0 saturated heterocycles. The van der Waals surface area contributed by atoms with Gasteiger partial charge in [-0.2, -0.15) is 15.0 Å². The lowest BCUT2D eigenvalue weighted by atomic mass is 10.2. The van der Waals surface area contributed by atoms with Gasteiger partial charge in [0, 0.05) is 24.0 Å². The number of aromatic nitrogens is 3. The van der Waals surface area contributed by atoms with Crippen LogP contribution in [0.1, 0.15) is 12.2 Å². The molecule has 3 rings (SSSR count). The predicted molar refractivity (Wildman–Crippen MR) is 103 cm³/mol. The second-order valence-corrected chi connectivity index (χ2v) is 7.59. The maximum absolute atomic E-state index is 12.2. The highest BCUT2D eigenvalue weighted by Crippen LogP contribution is 2.38. The number of carbonyl (C=O) groups is 2. The van der Waals surface area contributed by atoms with Crippen molar-refractivity contribution in [1.82, 2.24) is 15.0 Å². The number of thioether (sulfide) groups is 1. The molecule has 0 radical (unpaired) electrons. The van der Waals surface area contributed by atoms with Crippen molar-refractivity contribution in [1.29, 1.82) is 0 Å². The third kappa shape index (κ3) is 4.77. The highest BCUT2D eigenvalue weighted by atomic mass is 35.5. The SMILES string of the molecule is CN(C)c1nc(N)nc(COC(=O)CC2Sc3ccc(Cl)cc3NC2=O)n1. The lowest BCUT2D eigenvalue weighted by Gasteiger charge is -2.23. The summed E-state index contributed by atoms with van der Waals surface area (Å²) < 4.78 is 5.20. The molecule has 11 heteroatoms. The monoisotopic (exact) mass is 408 g/mol. The molecule has 0 saturated carbocycles. The average molecular weight is 409 g/mol. The van der Waals surface area contributed by atoms with E-state index in [2.05, 4.69) is 20.3 Å². The number of fused-ring (bicyclic) bond motifs is 1. The van der Waals surface area contributed by atoms with Gasteiger partial charge in [-0.1, -0.05) is 11.6 Å². The Balaban J connectivity index is 1.60. The van der Waals surface area contributed by atoms with Crippen LogP contribution in [0.15, 0.2) is 23.1 Å². The Morgan fingerprint density at radius 2 is 2.15 bits per heavy atom. The van der Waals surface area contributed by atoms with Crippen LogP contribution in [0.2, 0.25) is 5.02 Å². The van der Waals surface area contributed by atoms with Crippen LogP contribution in [0.5, 0.6) is 0 Å². The lowest BCUT2D eigenvalue weighted by molar-refractivity contribution is -0.146. The molecule has 3 N–H and O–H groups in total. The van der Waals surface area contributed by atoms with E-state index in [1.54, 1.807) is 37.2 Å². The number of halogens is 1. The van der Waals surface area contributed by atoms with Gasteiger partial charge in [0.25, 0.3) is 0 Å². The number of nitrogens with one attached hydrogen (secondary N) is 1. The molecule has 1 amide bonds. The quantitative estimate of drug-likeness (QED) is 0.711. The number of carbonyl (C=O) groups excluding carboxylic acids is 2. The number of hydrogen-bond donors (Lipinski definition) is 2. The fourth-order valence-electron chi connectivity index (χ4n) is 2.30. The van der Waals surface area contributed by atoms with Crippen molar-refractivity contribution in [3.05, 3.63) is 29.0 Å². The summed E-state index contributed by atoms with van der Waals surface area (Å²) in [7, 11) is 3.52. The number of nitrogens with two attached hydrogens (primary N) is 1. The first kappa shape index (κ1) is 19.2. The molecule has 0 fully saturated rings. The minimum atomic E-state index is -0.591. The minimum absolute atomic E-state index is 0.0391. The van der Waals surface area contributed by atoms with E-state index in [0.717, 1.165) is 4.90 Å². The highest BCUT2D eigenvalue weighted by molar-refractivity contribution is 8.01. The second kappa shape index (κ2) is 7.97.